The molecule has 0 spiro atoms. The lowest BCUT2D eigenvalue weighted by atomic mass is 9.95. The number of benzene rings is 1. The van der Waals surface area contributed by atoms with Crippen LogP contribution >= 0.6 is 0 Å². The van der Waals surface area contributed by atoms with E-state index in [0.717, 1.165) is 0 Å². The van der Waals surface area contributed by atoms with Crippen LogP contribution in [0.25, 0.3) is 0 Å². The van der Waals surface area contributed by atoms with Crippen molar-refractivity contribution in [2.75, 3.05) is 12.4 Å². The third-order valence-corrected chi connectivity index (χ3v) is 4.56. The number of nitrogens with one attached hydrogen (secondary N) is 2. The van der Waals surface area contributed by atoms with E-state index < -0.39 is 12.0 Å². The summed E-state index contributed by atoms with van der Waals surface area (Å²) in [6.07, 6.45) is 1.14. The van der Waals surface area contributed by atoms with E-state index in [9.17, 15) is 14.4 Å². The fourth-order valence-corrected chi connectivity index (χ4v) is 2.99. The molecule has 3 rings (SSSR count). The number of urea groups is 1. The second-order valence-electron chi connectivity index (χ2n) is 6.95. The minimum absolute atomic E-state index is 0.203. The minimum Gasteiger partial charge on any atom is -0.459 e. The molecule has 0 unspecified atom stereocenters. The van der Waals surface area contributed by atoms with Gasteiger partial charge in [0.25, 0.3) is 5.91 Å². The van der Waals surface area contributed by atoms with Gasteiger partial charge in [-0.25, -0.2) is 9.59 Å². The van der Waals surface area contributed by atoms with Crippen molar-refractivity contribution in [2.45, 2.75) is 32.9 Å². The molecular formula is C21H23N3O5. The van der Waals surface area contributed by atoms with Gasteiger partial charge in [-0.2, -0.15) is 0 Å². The lowest BCUT2D eigenvalue weighted by molar-refractivity contribution is -0.143. The predicted octanol–water partition coefficient (Wildman–Crippen LogP) is 3.45. The van der Waals surface area contributed by atoms with Gasteiger partial charge in [0.1, 0.15) is 0 Å². The first-order valence-corrected chi connectivity index (χ1v) is 9.18. The number of allylic oxidation sites excluding steroid dienone is 1. The Morgan fingerprint density at radius 1 is 1.21 bits per heavy atom. The fourth-order valence-electron chi connectivity index (χ4n) is 2.99. The topological polar surface area (TPSA) is 101 Å². The Hall–Kier alpha value is -3.55. The van der Waals surface area contributed by atoms with Gasteiger partial charge in [0.2, 0.25) is 0 Å². The number of hydrogen-bond acceptors (Lipinski definition) is 5. The number of carbonyl (C=O) groups excluding carboxylic acids is 3. The lowest BCUT2D eigenvalue weighted by Gasteiger charge is -2.33. The average Bonchev–Trinajstić information content (AvgIpc) is 3.20. The number of nitrogens with zero attached hydrogens (tertiary/aromatic N) is 1. The van der Waals surface area contributed by atoms with E-state index >= 15 is 0 Å². The largest absolute Gasteiger partial charge is 0.459 e. The van der Waals surface area contributed by atoms with Gasteiger partial charge in [0.15, 0.2) is 5.76 Å². The predicted molar refractivity (Wildman–Crippen MR) is 106 cm³/mol. The van der Waals surface area contributed by atoms with E-state index in [1.54, 1.807) is 64.2 Å². The summed E-state index contributed by atoms with van der Waals surface area (Å²) >= 11 is 0. The van der Waals surface area contributed by atoms with E-state index in [1.807, 2.05) is 0 Å². The molecule has 1 aromatic carbocycles. The summed E-state index contributed by atoms with van der Waals surface area (Å²) in [5, 5.41) is 5.55. The van der Waals surface area contributed by atoms with Crippen molar-refractivity contribution in [2.24, 2.45) is 0 Å². The van der Waals surface area contributed by atoms with Crippen LogP contribution in [0.2, 0.25) is 0 Å². The van der Waals surface area contributed by atoms with Gasteiger partial charge in [-0.15, -0.1) is 0 Å². The second kappa shape index (κ2) is 8.22. The van der Waals surface area contributed by atoms with Crippen LogP contribution in [0.3, 0.4) is 0 Å². The highest BCUT2D eigenvalue weighted by atomic mass is 16.5. The zero-order valence-corrected chi connectivity index (χ0v) is 16.7. The number of furan rings is 1. The average molecular weight is 397 g/mol. The van der Waals surface area contributed by atoms with Gasteiger partial charge in [-0.1, -0.05) is 12.1 Å². The first kappa shape index (κ1) is 20.2. The first-order chi connectivity index (χ1) is 13.8. The van der Waals surface area contributed by atoms with Crippen molar-refractivity contribution in [1.29, 1.82) is 0 Å². The molecule has 1 atom stereocenters. The van der Waals surface area contributed by atoms with E-state index in [1.165, 1.54) is 11.2 Å². The molecule has 29 heavy (non-hydrogen) atoms. The molecule has 2 N–H and O–H groups in total. The molecule has 152 valence electrons. The molecule has 0 fully saturated rings. The normalized spacial score (nSPS) is 16.7. The number of rotatable bonds is 5. The van der Waals surface area contributed by atoms with Crippen molar-refractivity contribution in [3.8, 4) is 0 Å². The van der Waals surface area contributed by atoms with Crippen molar-refractivity contribution < 1.29 is 23.5 Å². The first-order valence-electron chi connectivity index (χ1n) is 9.18. The molecule has 0 aliphatic carbocycles. The van der Waals surface area contributed by atoms with Gasteiger partial charge in [0, 0.05) is 18.4 Å². The summed E-state index contributed by atoms with van der Waals surface area (Å²) in [5.41, 5.74) is 2.15. The Labute approximate surface area is 168 Å². The summed E-state index contributed by atoms with van der Waals surface area (Å²) in [6.45, 7) is 5.25. The zero-order chi connectivity index (χ0) is 21.1. The van der Waals surface area contributed by atoms with Crippen LogP contribution in [0.1, 0.15) is 42.9 Å². The molecule has 2 heterocycles. The summed E-state index contributed by atoms with van der Waals surface area (Å²) in [4.78, 5) is 38.4. The van der Waals surface area contributed by atoms with Crippen molar-refractivity contribution >= 4 is 23.6 Å². The van der Waals surface area contributed by atoms with E-state index in [0.29, 0.717) is 22.5 Å². The Morgan fingerprint density at radius 2 is 1.90 bits per heavy atom. The van der Waals surface area contributed by atoms with Gasteiger partial charge < -0.3 is 24.7 Å². The number of ether oxygens (including phenoxy) is 1. The van der Waals surface area contributed by atoms with Crippen LogP contribution in [0.4, 0.5) is 10.5 Å². The monoisotopic (exact) mass is 397 g/mol. The highest BCUT2D eigenvalue weighted by Gasteiger charge is 2.35. The van der Waals surface area contributed by atoms with Crippen LogP contribution in [0.15, 0.2) is 58.3 Å². The standard InChI is InChI=1S/C21H23N3O5/c1-12(2)29-20(26)17-13(3)24(4)21(27)23-18(17)14-7-9-15(10-8-14)22-19(25)16-6-5-11-28-16/h5-12,18H,1-4H3,(H,22,25)(H,23,27)/t18-/m1/s1. The minimum atomic E-state index is -0.653. The van der Waals surface area contributed by atoms with Gasteiger partial charge in [0.05, 0.1) is 24.0 Å². The highest BCUT2D eigenvalue weighted by Crippen LogP contribution is 2.31. The summed E-state index contributed by atoms with van der Waals surface area (Å²) in [6, 6.07) is 9.10. The van der Waals surface area contributed by atoms with E-state index in [2.05, 4.69) is 10.6 Å². The Morgan fingerprint density at radius 3 is 2.48 bits per heavy atom. The molecule has 0 saturated heterocycles. The Kier molecular flexibility index (Phi) is 5.72. The highest BCUT2D eigenvalue weighted by molar-refractivity contribution is 6.02. The van der Waals surface area contributed by atoms with Crippen molar-refractivity contribution in [3.63, 3.8) is 0 Å². The van der Waals surface area contributed by atoms with Crippen LogP contribution < -0.4 is 10.6 Å². The fraction of sp³-hybridized carbons (Fsp3) is 0.286. The van der Waals surface area contributed by atoms with Crippen LogP contribution in [-0.4, -0.2) is 36.0 Å². The smallest absolute Gasteiger partial charge is 0.338 e. The maximum atomic E-state index is 12.7. The van der Waals surface area contributed by atoms with Crippen molar-refractivity contribution in [3.05, 3.63) is 65.3 Å². The number of hydrogen-bond donors (Lipinski definition) is 2. The van der Waals surface area contributed by atoms with Crippen LogP contribution in [0, 0.1) is 0 Å². The maximum Gasteiger partial charge on any atom is 0.338 e. The molecule has 1 aromatic heterocycles. The Bertz CT molecular complexity index is 945. The van der Waals surface area contributed by atoms with Crippen LogP contribution in [0.5, 0.6) is 0 Å². The molecule has 1 aliphatic rings. The summed E-state index contributed by atoms with van der Waals surface area (Å²) < 4.78 is 10.4. The third kappa shape index (κ3) is 4.31. The maximum absolute atomic E-state index is 12.7. The molecular weight excluding hydrogens is 374 g/mol. The number of esters is 1. The number of anilines is 1. The van der Waals surface area contributed by atoms with Gasteiger partial charge in [-0.05, 0) is 50.6 Å². The molecule has 1 aliphatic heterocycles. The number of amides is 3. The molecule has 2 aromatic rings. The van der Waals surface area contributed by atoms with Gasteiger partial charge in [-0.3, -0.25) is 4.79 Å². The summed E-state index contributed by atoms with van der Waals surface area (Å²) in [5.74, 6) is -0.647. The molecule has 0 saturated carbocycles. The molecule has 8 nitrogen and oxygen atoms in total. The van der Waals surface area contributed by atoms with Crippen LogP contribution in [-0.2, 0) is 9.53 Å². The lowest BCUT2D eigenvalue weighted by Crippen LogP contribution is -2.46. The molecule has 8 heteroatoms. The van der Waals surface area contributed by atoms with E-state index in [-0.39, 0.29) is 23.8 Å². The molecule has 3 amide bonds. The second-order valence-corrected chi connectivity index (χ2v) is 6.95. The SMILES string of the molecule is CC1=C(C(=O)OC(C)C)[C@@H](c2ccc(NC(=O)c3ccco3)cc2)NC(=O)N1C. The Balaban J connectivity index is 1.86. The van der Waals surface area contributed by atoms with Gasteiger partial charge >= 0.3 is 12.0 Å². The zero-order valence-electron chi connectivity index (χ0n) is 16.7. The van der Waals surface area contributed by atoms with E-state index in [4.69, 9.17) is 9.15 Å². The van der Waals surface area contributed by atoms with Crippen molar-refractivity contribution in [1.82, 2.24) is 10.2 Å². The molecule has 0 radical (unpaired) electrons. The third-order valence-electron chi connectivity index (χ3n) is 4.56. The molecule has 0 bridgehead atoms. The quantitative estimate of drug-likeness (QED) is 0.753. The summed E-state index contributed by atoms with van der Waals surface area (Å²) in [7, 11) is 1.59. The number of carbonyl (C=O) groups is 3.